The smallest absolute Gasteiger partial charge is 0.329 e. The Balaban J connectivity index is 1.05. The third-order valence-electron chi connectivity index (χ3n) is 16.2. The average molecular weight is 1190 g/mol. The molecule has 0 spiro atoms. The molecular weight excluding hydrogens is 1100 g/mol. The van der Waals surface area contributed by atoms with E-state index in [1.807, 2.05) is 38.1 Å². The second kappa shape index (κ2) is 31.8. The van der Waals surface area contributed by atoms with Gasteiger partial charge in [-0.25, -0.2) is 9.59 Å². The number of nitrogens with one attached hydrogen (secondary N) is 2. The zero-order valence-electron chi connectivity index (χ0n) is 51.5. The summed E-state index contributed by atoms with van der Waals surface area (Å²) in [5, 5.41) is 5.47. The maximum absolute atomic E-state index is 14.1. The van der Waals surface area contributed by atoms with Crippen LogP contribution in [0.2, 0.25) is 0 Å². The Hall–Kier alpha value is -8.16. The topological polar surface area (TPSA) is 241 Å². The molecule has 466 valence electrons. The molecule has 2 aliphatic heterocycles. The molecule has 2 unspecified atom stereocenters. The molecule has 4 aromatic carbocycles. The number of hydrogen-bond acceptors (Lipinski definition) is 16. The molecule has 4 amide bonds. The van der Waals surface area contributed by atoms with Crippen LogP contribution in [-0.2, 0) is 60.7 Å². The predicted octanol–water partition coefficient (Wildman–Crippen LogP) is 8.62. The van der Waals surface area contributed by atoms with Crippen LogP contribution in [0.4, 0.5) is 0 Å². The third-order valence-corrected chi connectivity index (χ3v) is 16.2. The van der Waals surface area contributed by atoms with E-state index in [1.54, 1.807) is 117 Å². The van der Waals surface area contributed by atoms with Crippen molar-refractivity contribution in [2.45, 2.75) is 143 Å². The minimum Gasteiger partial charge on any atom is -0.493 e. The van der Waals surface area contributed by atoms with E-state index in [9.17, 15) is 38.4 Å². The second-order valence-corrected chi connectivity index (χ2v) is 22.9. The summed E-state index contributed by atoms with van der Waals surface area (Å²) in [4.78, 5) is 111. The first-order chi connectivity index (χ1) is 41.2. The first-order valence-electron chi connectivity index (χ1n) is 29.7. The molecule has 2 fully saturated rings. The number of nitrogens with zero attached hydrogens (tertiary/aromatic N) is 2. The fourth-order valence-electron chi connectivity index (χ4n) is 10.1. The van der Waals surface area contributed by atoms with E-state index in [1.165, 1.54) is 9.80 Å². The second-order valence-electron chi connectivity index (χ2n) is 22.9. The van der Waals surface area contributed by atoms with E-state index in [0.717, 1.165) is 11.1 Å². The van der Waals surface area contributed by atoms with Crippen LogP contribution in [0.5, 0.6) is 34.5 Å². The molecule has 0 saturated carbocycles. The zero-order chi connectivity index (χ0) is 62.6. The van der Waals surface area contributed by atoms with E-state index in [2.05, 4.69) is 10.6 Å². The van der Waals surface area contributed by atoms with Crippen LogP contribution in [0.1, 0.15) is 140 Å². The highest BCUT2D eigenvalue weighted by Crippen LogP contribution is 2.36. The highest BCUT2D eigenvalue weighted by molar-refractivity contribution is 6.38. The molecule has 86 heavy (non-hydrogen) atoms. The Morgan fingerprint density at radius 1 is 0.512 bits per heavy atom. The Morgan fingerprint density at radius 2 is 0.895 bits per heavy atom. The molecular formula is C66H86N4O16. The lowest BCUT2D eigenvalue weighted by molar-refractivity contribution is -0.165. The van der Waals surface area contributed by atoms with Crippen LogP contribution in [0.25, 0.3) is 0 Å². The number of ether oxygens (including phenoxy) is 8. The number of esters is 2. The van der Waals surface area contributed by atoms with E-state index in [4.69, 9.17) is 37.9 Å². The van der Waals surface area contributed by atoms with Gasteiger partial charge in [-0.05, 0) is 148 Å². The predicted molar refractivity (Wildman–Crippen MR) is 320 cm³/mol. The highest BCUT2D eigenvalue weighted by atomic mass is 16.6. The van der Waals surface area contributed by atoms with E-state index in [-0.39, 0.29) is 39.4 Å². The van der Waals surface area contributed by atoms with Gasteiger partial charge in [-0.2, -0.15) is 0 Å². The number of Topliss-reactive ketones (excluding diaryl/α,β-unsaturated/α-hetero) is 2. The molecule has 2 N–H and O–H groups in total. The maximum atomic E-state index is 14.1. The van der Waals surface area contributed by atoms with Crippen molar-refractivity contribution in [2.24, 2.45) is 10.8 Å². The van der Waals surface area contributed by atoms with Gasteiger partial charge in [0, 0.05) is 37.0 Å². The average Bonchev–Trinajstić information content (AvgIpc) is 2.52. The summed E-state index contributed by atoms with van der Waals surface area (Å²) in [6.45, 7) is 10.5. The fourth-order valence-corrected chi connectivity index (χ4v) is 10.1. The molecule has 2 saturated heterocycles. The number of piperidine rings is 2. The Bertz CT molecular complexity index is 2810. The largest absolute Gasteiger partial charge is 0.493 e. The standard InChI is InChI=1S/C66H86N4O16/c1-11-65(3,4)59(73)61(75)69-35-15-13-23-49(69)63(77)85-51(29-25-43-27-31-53(79-7)55(37-43)81-9)45-19-17-21-47(39-45)83-41-57(71)67-33-34-68-58(72)42-84-48-22-18-20-46(40-48)52(30-26-44-28-32-54(80-8)56(38-44)82-10)86-64(78)50-24-14-16-36-70(50)62(76)60(74)66(5,6)12-2/h17-22,27-28,31-32,37-40,49-52H,11-16,23-26,29-30,33-36,41-42H2,1-10H3,(H,67,71)(H,68,72)/t49-,50?,51?,52+/m0/s1. The number of carbonyl (C=O) groups excluding carboxylic acids is 8. The molecule has 4 atom stereocenters. The number of carbonyl (C=O) groups is 8. The van der Waals surface area contributed by atoms with Gasteiger partial charge in [0.15, 0.2) is 36.2 Å². The monoisotopic (exact) mass is 1190 g/mol. The van der Waals surface area contributed by atoms with Gasteiger partial charge in [-0.15, -0.1) is 0 Å². The quantitative estimate of drug-likeness (QED) is 0.0272. The number of ketones is 2. The van der Waals surface area contributed by atoms with Gasteiger partial charge >= 0.3 is 11.9 Å². The van der Waals surface area contributed by atoms with Gasteiger partial charge in [0.25, 0.3) is 23.6 Å². The normalized spacial score (nSPS) is 15.9. The number of methoxy groups -OCH3 is 4. The van der Waals surface area contributed by atoms with Crippen LogP contribution < -0.4 is 39.1 Å². The molecule has 0 radical (unpaired) electrons. The lowest BCUT2D eigenvalue weighted by atomic mass is 9.84. The number of rotatable bonds is 31. The van der Waals surface area contributed by atoms with Crippen molar-refractivity contribution >= 4 is 47.1 Å². The summed E-state index contributed by atoms with van der Waals surface area (Å²) in [6.07, 6.45) is 4.21. The van der Waals surface area contributed by atoms with Gasteiger partial charge in [0.2, 0.25) is 11.6 Å². The van der Waals surface area contributed by atoms with E-state index >= 15 is 0 Å². The van der Waals surface area contributed by atoms with Crippen molar-refractivity contribution in [1.82, 2.24) is 20.4 Å². The summed E-state index contributed by atoms with van der Waals surface area (Å²) in [5.74, 6) is -1.78. The number of benzene rings is 4. The summed E-state index contributed by atoms with van der Waals surface area (Å²) in [5.41, 5.74) is 1.17. The van der Waals surface area contributed by atoms with Crippen LogP contribution in [0, 0.1) is 10.8 Å². The van der Waals surface area contributed by atoms with Gasteiger partial charge in [0.1, 0.15) is 35.8 Å². The van der Waals surface area contributed by atoms with Crippen LogP contribution in [0.3, 0.4) is 0 Å². The molecule has 4 aromatic rings. The Labute approximate surface area is 505 Å². The maximum Gasteiger partial charge on any atom is 0.329 e. The number of amides is 4. The van der Waals surface area contributed by atoms with Crippen molar-refractivity contribution in [3.05, 3.63) is 107 Å². The fraction of sp³-hybridized carbons (Fsp3) is 0.515. The minimum absolute atomic E-state index is 0.0709. The van der Waals surface area contributed by atoms with Crippen LogP contribution in [-0.4, -0.2) is 137 Å². The van der Waals surface area contributed by atoms with Crippen LogP contribution >= 0.6 is 0 Å². The molecule has 20 heteroatoms. The molecule has 6 rings (SSSR count). The van der Waals surface area contributed by atoms with Crippen LogP contribution in [0.15, 0.2) is 84.9 Å². The van der Waals surface area contributed by atoms with E-state index in [0.29, 0.717) is 123 Å². The SMILES string of the molecule is CCC(C)(C)C(=O)C(=O)N1CCCCC1C(=O)O[C@H](CCc1ccc(OC)c(OC)c1)c1cccc(OCC(=O)NCCNC(=O)COc2cccc(C(CCc3ccc(OC)c(OC)c3)OC(=O)[C@@H]3CCCCN3C(=O)C(=O)C(C)(C)CC)c2)c1. The zero-order valence-corrected chi connectivity index (χ0v) is 51.5. The Morgan fingerprint density at radius 3 is 1.26 bits per heavy atom. The number of hydrogen-bond donors (Lipinski definition) is 2. The summed E-state index contributed by atoms with van der Waals surface area (Å²) >= 11 is 0. The molecule has 0 aliphatic carbocycles. The lowest BCUT2D eigenvalue weighted by Gasteiger charge is -2.36. The van der Waals surface area contributed by atoms with Gasteiger partial charge in [-0.3, -0.25) is 28.8 Å². The summed E-state index contributed by atoms with van der Waals surface area (Å²) in [7, 11) is 6.19. The van der Waals surface area contributed by atoms with E-state index < -0.39 is 82.3 Å². The lowest BCUT2D eigenvalue weighted by Crippen LogP contribution is -2.53. The third kappa shape index (κ3) is 18.2. The summed E-state index contributed by atoms with van der Waals surface area (Å²) < 4.78 is 46.2. The van der Waals surface area contributed by atoms with Crippen molar-refractivity contribution in [2.75, 3.05) is 67.8 Å². The number of aryl methyl sites for hydroxylation is 2. The van der Waals surface area contributed by atoms with Crippen molar-refractivity contribution < 1.29 is 76.3 Å². The van der Waals surface area contributed by atoms with Crippen molar-refractivity contribution in [3.63, 3.8) is 0 Å². The number of likely N-dealkylation sites (tertiary alicyclic amines) is 2. The highest BCUT2D eigenvalue weighted by Gasteiger charge is 2.43. The molecule has 0 aromatic heterocycles. The van der Waals surface area contributed by atoms with Gasteiger partial charge < -0.3 is 58.3 Å². The Kier molecular flexibility index (Phi) is 24.8. The molecule has 20 nitrogen and oxygen atoms in total. The van der Waals surface area contributed by atoms with Crippen molar-refractivity contribution in [1.29, 1.82) is 0 Å². The minimum atomic E-state index is -0.945. The first kappa shape index (κ1) is 67.0. The van der Waals surface area contributed by atoms with Gasteiger partial charge in [-0.1, -0.05) is 77.9 Å². The summed E-state index contributed by atoms with van der Waals surface area (Å²) in [6, 6.07) is 22.9. The van der Waals surface area contributed by atoms with Gasteiger partial charge in [0.05, 0.1) is 28.4 Å². The molecule has 2 heterocycles. The first-order valence-corrected chi connectivity index (χ1v) is 29.7. The van der Waals surface area contributed by atoms with Crippen molar-refractivity contribution in [3.8, 4) is 34.5 Å². The molecule has 0 bridgehead atoms. The molecule has 2 aliphatic rings.